The van der Waals surface area contributed by atoms with Crippen molar-refractivity contribution in [1.29, 1.82) is 0 Å². The maximum atomic E-state index is 12.7. The molecular weight excluding hydrogens is 261 g/mol. The molecule has 0 spiro atoms. The highest BCUT2D eigenvalue weighted by Gasteiger charge is 2.27. The summed E-state index contributed by atoms with van der Waals surface area (Å²) in [5.41, 5.74) is -0.688. The number of ether oxygens (including phenoxy) is 1. The van der Waals surface area contributed by atoms with Crippen LogP contribution in [0.2, 0.25) is 0 Å². The van der Waals surface area contributed by atoms with Crippen LogP contribution in [0.5, 0.6) is 5.75 Å². The fraction of sp³-hybridized carbons (Fsp3) is 0.533. The van der Waals surface area contributed by atoms with Crippen LogP contribution in [-0.4, -0.2) is 41.2 Å². The average molecular weight is 281 g/mol. The number of hydrogen-bond acceptors (Lipinski definition) is 3. The summed E-state index contributed by atoms with van der Waals surface area (Å²) < 4.78 is 18.1. The van der Waals surface area contributed by atoms with E-state index in [1.165, 1.54) is 24.3 Å². The molecule has 1 heterocycles. The fourth-order valence-electron chi connectivity index (χ4n) is 2.28. The number of rotatable bonds is 3. The van der Waals surface area contributed by atoms with Gasteiger partial charge in [0.05, 0.1) is 5.60 Å². The molecule has 110 valence electrons. The summed E-state index contributed by atoms with van der Waals surface area (Å²) in [5, 5.41) is 9.98. The Hall–Kier alpha value is -1.62. The highest BCUT2D eigenvalue weighted by Crippen LogP contribution is 2.21. The molecule has 1 amide bonds. The van der Waals surface area contributed by atoms with E-state index in [0.29, 0.717) is 31.7 Å². The first-order valence-electron chi connectivity index (χ1n) is 6.85. The smallest absolute Gasteiger partial charge is 0.260 e. The number of benzene rings is 1. The first-order chi connectivity index (χ1) is 9.46. The maximum Gasteiger partial charge on any atom is 0.260 e. The van der Waals surface area contributed by atoms with Gasteiger partial charge in [-0.25, -0.2) is 4.39 Å². The van der Waals surface area contributed by atoms with Crippen molar-refractivity contribution in [2.24, 2.45) is 0 Å². The molecule has 20 heavy (non-hydrogen) atoms. The van der Waals surface area contributed by atoms with E-state index in [1.54, 1.807) is 11.8 Å². The van der Waals surface area contributed by atoms with E-state index in [2.05, 4.69) is 0 Å². The van der Waals surface area contributed by atoms with Crippen LogP contribution in [0.25, 0.3) is 0 Å². The van der Waals surface area contributed by atoms with Crippen LogP contribution in [0.1, 0.15) is 26.2 Å². The monoisotopic (exact) mass is 281 g/mol. The number of carbonyl (C=O) groups excluding carboxylic acids is 1. The van der Waals surface area contributed by atoms with E-state index < -0.39 is 5.60 Å². The molecule has 4 nitrogen and oxygen atoms in total. The van der Waals surface area contributed by atoms with Crippen LogP contribution in [0.15, 0.2) is 24.3 Å². The highest BCUT2D eigenvalue weighted by atomic mass is 19.1. The first kappa shape index (κ1) is 14.8. The molecule has 0 radical (unpaired) electrons. The number of carbonyl (C=O) groups is 1. The molecule has 1 atom stereocenters. The molecule has 1 saturated heterocycles. The number of likely N-dealkylation sites (tertiary alicyclic amines) is 1. The van der Waals surface area contributed by atoms with E-state index in [4.69, 9.17) is 4.74 Å². The van der Waals surface area contributed by atoms with Gasteiger partial charge in [0.25, 0.3) is 5.91 Å². The Labute approximate surface area is 118 Å². The summed E-state index contributed by atoms with van der Waals surface area (Å²) in [6.07, 6.45) is 2.07. The third-order valence-electron chi connectivity index (χ3n) is 3.59. The molecule has 0 saturated carbocycles. The lowest BCUT2D eigenvalue weighted by molar-refractivity contribution is -0.133. The number of hydrogen-bond donors (Lipinski definition) is 1. The van der Waals surface area contributed by atoms with Gasteiger partial charge in [0, 0.05) is 13.1 Å². The van der Waals surface area contributed by atoms with Gasteiger partial charge in [-0.3, -0.25) is 4.79 Å². The Bertz CT molecular complexity index is 459. The van der Waals surface area contributed by atoms with Gasteiger partial charge in [-0.2, -0.15) is 0 Å². The molecule has 1 unspecified atom stereocenters. The van der Waals surface area contributed by atoms with Gasteiger partial charge in [0.15, 0.2) is 6.61 Å². The van der Waals surface area contributed by atoms with Crippen molar-refractivity contribution in [3.8, 4) is 5.75 Å². The Morgan fingerprint density at radius 2 is 2.05 bits per heavy atom. The largest absolute Gasteiger partial charge is 0.484 e. The lowest BCUT2D eigenvalue weighted by Crippen LogP contribution is -2.36. The molecule has 2 rings (SSSR count). The summed E-state index contributed by atoms with van der Waals surface area (Å²) >= 11 is 0. The van der Waals surface area contributed by atoms with Crippen LogP contribution in [-0.2, 0) is 4.79 Å². The standard InChI is InChI=1S/C15H20FNO3/c1-15(19)7-2-9-17(10-8-15)14(18)11-20-13-5-3-12(16)4-6-13/h3-6,19H,2,7-11H2,1H3. The van der Waals surface area contributed by atoms with E-state index in [9.17, 15) is 14.3 Å². The fourth-order valence-corrected chi connectivity index (χ4v) is 2.28. The highest BCUT2D eigenvalue weighted by molar-refractivity contribution is 5.77. The zero-order valence-electron chi connectivity index (χ0n) is 11.6. The van der Waals surface area contributed by atoms with Crippen molar-refractivity contribution in [3.05, 3.63) is 30.1 Å². The van der Waals surface area contributed by atoms with Crippen molar-refractivity contribution in [1.82, 2.24) is 4.90 Å². The second kappa shape index (κ2) is 6.22. The van der Waals surface area contributed by atoms with Gasteiger partial charge in [0.2, 0.25) is 0 Å². The third-order valence-corrected chi connectivity index (χ3v) is 3.59. The topological polar surface area (TPSA) is 49.8 Å². The minimum absolute atomic E-state index is 0.0617. The van der Waals surface area contributed by atoms with Crippen molar-refractivity contribution < 1.29 is 19.0 Å². The molecule has 1 aromatic carbocycles. The van der Waals surface area contributed by atoms with Gasteiger partial charge in [-0.15, -0.1) is 0 Å². The zero-order valence-corrected chi connectivity index (χ0v) is 11.6. The quantitative estimate of drug-likeness (QED) is 0.921. The first-order valence-corrected chi connectivity index (χ1v) is 6.85. The second-order valence-electron chi connectivity index (χ2n) is 5.47. The molecular formula is C15H20FNO3. The third kappa shape index (κ3) is 4.20. The number of aliphatic hydroxyl groups is 1. The van der Waals surface area contributed by atoms with Crippen LogP contribution in [0.3, 0.4) is 0 Å². The molecule has 5 heteroatoms. The van der Waals surface area contributed by atoms with Gasteiger partial charge in [-0.05, 0) is 50.5 Å². The predicted molar refractivity (Wildman–Crippen MR) is 72.9 cm³/mol. The van der Waals surface area contributed by atoms with Crippen molar-refractivity contribution in [2.45, 2.75) is 31.8 Å². The Morgan fingerprint density at radius 1 is 1.35 bits per heavy atom. The van der Waals surface area contributed by atoms with E-state index in [0.717, 1.165) is 6.42 Å². The number of halogens is 1. The van der Waals surface area contributed by atoms with E-state index >= 15 is 0 Å². The molecule has 0 bridgehead atoms. The van der Waals surface area contributed by atoms with Gasteiger partial charge in [0.1, 0.15) is 11.6 Å². The summed E-state index contributed by atoms with van der Waals surface area (Å²) in [4.78, 5) is 13.8. The van der Waals surface area contributed by atoms with Crippen LogP contribution < -0.4 is 4.74 Å². The number of nitrogens with zero attached hydrogens (tertiary/aromatic N) is 1. The summed E-state index contributed by atoms with van der Waals surface area (Å²) in [5.74, 6) is 0.0343. The zero-order chi connectivity index (χ0) is 14.6. The molecule has 0 aromatic heterocycles. The molecule has 0 aliphatic carbocycles. The van der Waals surface area contributed by atoms with Gasteiger partial charge < -0.3 is 14.7 Å². The predicted octanol–water partition coefficient (Wildman–Crippen LogP) is 1.97. The maximum absolute atomic E-state index is 12.7. The summed E-state index contributed by atoms with van der Waals surface area (Å²) in [6, 6.07) is 5.58. The average Bonchev–Trinajstić information content (AvgIpc) is 2.59. The summed E-state index contributed by atoms with van der Waals surface area (Å²) in [6.45, 7) is 2.92. The van der Waals surface area contributed by atoms with Crippen LogP contribution >= 0.6 is 0 Å². The molecule has 1 aliphatic rings. The molecule has 1 aliphatic heterocycles. The minimum Gasteiger partial charge on any atom is -0.484 e. The summed E-state index contributed by atoms with van der Waals surface area (Å²) in [7, 11) is 0. The molecule has 1 fully saturated rings. The Morgan fingerprint density at radius 3 is 2.75 bits per heavy atom. The molecule has 1 aromatic rings. The second-order valence-corrected chi connectivity index (χ2v) is 5.47. The Balaban J connectivity index is 1.84. The van der Waals surface area contributed by atoms with Crippen molar-refractivity contribution >= 4 is 5.91 Å². The van der Waals surface area contributed by atoms with Crippen LogP contribution in [0, 0.1) is 5.82 Å². The van der Waals surface area contributed by atoms with E-state index in [-0.39, 0.29) is 18.3 Å². The van der Waals surface area contributed by atoms with Crippen molar-refractivity contribution in [2.75, 3.05) is 19.7 Å². The van der Waals surface area contributed by atoms with E-state index in [1.807, 2.05) is 0 Å². The Kier molecular flexibility index (Phi) is 4.60. The van der Waals surface area contributed by atoms with Gasteiger partial charge >= 0.3 is 0 Å². The van der Waals surface area contributed by atoms with Crippen molar-refractivity contribution in [3.63, 3.8) is 0 Å². The SMILES string of the molecule is CC1(O)CCCN(C(=O)COc2ccc(F)cc2)CC1. The minimum atomic E-state index is -0.688. The molecule has 1 N–H and O–H groups in total. The van der Waals surface area contributed by atoms with Gasteiger partial charge in [-0.1, -0.05) is 0 Å². The lowest BCUT2D eigenvalue weighted by atomic mass is 9.98. The van der Waals surface area contributed by atoms with Crippen LogP contribution in [0.4, 0.5) is 4.39 Å². The normalized spacial score (nSPS) is 23.2. The number of amides is 1. The lowest BCUT2D eigenvalue weighted by Gasteiger charge is -2.22.